The number of urea groups is 1. The summed E-state index contributed by atoms with van der Waals surface area (Å²) in [6.07, 6.45) is 0.633. The lowest BCUT2D eigenvalue weighted by molar-refractivity contribution is -0.152. The minimum absolute atomic E-state index is 0.0456. The number of methoxy groups -OCH3 is 2. The van der Waals surface area contributed by atoms with Gasteiger partial charge in [-0.15, -0.1) is 0 Å². The number of nitrogens with zero attached hydrogens (tertiary/aromatic N) is 1. The minimum atomic E-state index is -0.715. The number of nitrogens with one attached hydrogen (secondary N) is 1. The number of rotatable bonds is 7. The highest BCUT2D eigenvalue weighted by Gasteiger charge is 2.23. The summed E-state index contributed by atoms with van der Waals surface area (Å²) in [6, 6.07) is 3.06. The summed E-state index contributed by atoms with van der Waals surface area (Å²) in [5, 5.41) is 2.28. The maximum absolute atomic E-state index is 12.3. The van der Waals surface area contributed by atoms with Gasteiger partial charge >= 0.3 is 12.0 Å². The van der Waals surface area contributed by atoms with Gasteiger partial charge in [-0.25, -0.2) is 4.79 Å². The molecule has 26 heavy (non-hydrogen) atoms. The Morgan fingerprint density at radius 3 is 2.42 bits per heavy atom. The van der Waals surface area contributed by atoms with E-state index in [1.165, 1.54) is 0 Å². The normalized spacial score (nSPS) is 12.8. The molecule has 0 bridgehead atoms. The highest BCUT2D eigenvalue weighted by molar-refractivity contribution is 5.81. The number of esters is 1. The van der Waals surface area contributed by atoms with Crippen LogP contribution in [-0.2, 0) is 27.3 Å². The third-order valence-corrected chi connectivity index (χ3v) is 4.06. The van der Waals surface area contributed by atoms with Crippen LogP contribution in [0.3, 0.4) is 0 Å². The van der Waals surface area contributed by atoms with Crippen molar-refractivity contribution < 1.29 is 28.6 Å². The van der Waals surface area contributed by atoms with Crippen LogP contribution in [0.1, 0.15) is 17.5 Å². The Hall–Kier alpha value is -2.97. The lowest BCUT2D eigenvalue weighted by Crippen LogP contribution is -2.39. The highest BCUT2D eigenvalue weighted by Crippen LogP contribution is 2.33. The van der Waals surface area contributed by atoms with E-state index in [-0.39, 0.29) is 25.5 Å². The zero-order valence-electron chi connectivity index (χ0n) is 14.9. The molecule has 2 rings (SSSR count). The van der Waals surface area contributed by atoms with Crippen LogP contribution < -0.4 is 20.5 Å². The van der Waals surface area contributed by atoms with Gasteiger partial charge in [-0.05, 0) is 29.7 Å². The van der Waals surface area contributed by atoms with E-state index in [0.717, 1.165) is 11.1 Å². The van der Waals surface area contributed by atoms with Gasteiger partial charge in [0.2, 0.25) is 0 Å². The second-order valence-electron chi connectivity index (χ2n) is 5.74. The molecule has 1 aliphatic heterocycles. The number of carbonyl (C=O) groups is 3. The smallest absolute Gasteiger partial charge is 0.312 e. The van der Waals surface area contributed by atoms with Gasteiger partial charge in [0, 0.05) is 19.6 Å². The lowest BCUT2D eigenvalue weighted by Gasteiger charge is -2.29. The molecule has 9 heteroatoms. The van der Waals surface area contributed by atoms with Crippen LogP contribution in [0.15, 0.2) is 12.1 Å². The van der Waals surface area contributed by atoms with E-state index in [1.807, 2.05) is 12.1 Å². The van der Waals surface area contributed by atoms with E-state index in [0.29, 0.717) is 31.0 Å². The minimum Gasteiger partial charge on any atom is -0.493 e. The zero-order chi connectivity index (χ0) is 19.1. The molecule has 0 aliphatic carbocycles. The van der Waals surface area contributed by atoms with E-state index in [1.54, 1.807) is 19.1 Å². The Bertz CT molecular complexity index is 691. The van der Waals surface area contributed by atoms with Crippen LogP contribution in [0.4, 0.5) is 4.79 Å². The number of nitrogens with two attached hydrogens (primary N) is 1. The molecule has 3 N–H and O–H groups in total. The number of amides is 3. The maximum Gasteiger partial charge on any atom is 0.312 e. The van der Waals surface area contributed by atoms with Gasteiger partial charge < -0.3 is 30.2 Å². The predicted molar refractivity (Wildman–Crippen MR) is 91.8 cm³/mol. The molecule has 0 aromatic heterocycles. The maximum atomic E-state index is 12.3. The molecule has 1 aromatic rings. The van der Waals surface area contributed by atoms with Crippen molar-refractivity contribution in [2.75, 3.05) is 33.9 Å². The second kappa shape index (κ2) is 8.93. The van der Waals surface area contributed by atoms with Crippen molar-refractivity contribution in [3.63, 3.8) is 0 Å². The molecular weight excluding hydrogens is 342 g/mol. The fourth-order valence-electron chi connectivity index (χ4n) is 2.69. The Morgan fingerprint density at radius 2 is 1.81 bits per heavy atom. The molecule has 142 valence electrons. The first-order valence-electron chi connectivity index (χ1n) is 8.15. The first-order valence-corrected chi connectivity index (χ1v) is 8.15. The molecule has 1 aliphatic rings. The average Bonchev–Trinajstić information content (AvgIpc) is 2.64. The van der Waals surface area contributed by atoms with Crippen molar-refractivity contribution in [3.05, 3.63) is 23.3 Å². The van der Waals surface area contributed by atoms with E-state index in [2.05, 4.69) is 5.32 Å². The molecule has 9 nitrogen and oxygen atoms in total. The Kier molecular flexibility index (Phi) is 6.65. The molecule has 0 saturated carbocycles. The van der Waals surface area contributed by atoms with Gasteiger partial charge in [0.05, 0.1) is 20.6 Å². The third kappa shape index (κ3) is 5.01. The Labute approximate surface area is 151 Å². The molecule has 3 amide bonds. The van der Waals surface area contributed by atoms with Crippen molar-refractivity contribution in [2.45, 2.75) is 19.4 Å². The number of hydrogen-bond acceptors (Lipinski definition) is 6. The van der Waals surface area contributed by atoms with E-state index >= 15 is 0 Å². The molecule has 0 saturated heterocycles. The Morgan fingerprint density at radius 1 is 1.15 bits per heavy atom. The van der Waals surface area contributed by atoms with E-state index in [4.69, 9.17) is 19.9 Å². The van der Waals surface area contributed by atoms with Crippen molar-refractivity contribution >= 4 is 17.9 Å². The van der Waals surface area contributed by atoms with Crippen molar-refractivity contribution in [1.29, 1.82) is 0 Å². The number of benzene rings is 1. The second-order valence-corrected chi connectivity index (χ2v) is 5.74. The van der Waals surface area contributed by atoms with Gasteiger partial charge in [0.25, 0.3) is 5.91 Å². The first kappa shape index (κ1) is 19.4. The summed E-state index contributed by atoms with van der Waals surface area (Å²) in [7, 11) is 3.14. The summed E-state index contributed by atoms with van der Waals surface area (Å²) >= 11 is 0. The van der Waals surface area contributed by atoms with E-state index in [9.17, 15) is 14.4 Å². The van der Waals surface area contributed by atoms with Gasteiger partial charge in [0.15, 0.2) is 18.1 Å². The third-order valence-electron chi connectivity index (χ3n) is 4.06. The van der Waals surface area contributed by atoms with Crippen LogP contribution in [0.5, 0.6) is 11.5 Å². The van der Waals surface area contributed by atoms with Gasteiger partial charge in [-0.3, -0.25) is 9.59 Å². The summed E-state index contributed by atoms with van der Waals surface area (Å²) in [5.41, 5.74) is 6.97. The molecular formula is C17H23N3O6. The van der Waals surface area contributed by atoms with Gasteiger partial charge in [0.1, 0.15) is 0 Å². The molecule has 0 radical (unpaired) electrons. The van der Waals surface area contributed by atoms with Crippen LogP contribution in [-0.4, -0.2) is 56.7 Å². The molecule has 0 fully saturated rings. The topological polar surface area (TPSA) is 120 Å². The average molecular weight is 365 g/mol. The predicted octanol–water partition coefficient (Wildman–Crippen LogP) is 0.190. The molecule has 1 heterocycles. The standard InChI is InChI=1S/C17H23N3O6/c1-24-13-7-11-4-6-20(9-12(11)8-14(13)25-2)15(21)10-26-16(22)3-5-19-17(18)23/h7-8H,3-6,9-10H2,1-2H3,(H3,18,19,23). The number of hydrogen-bond donors (Lipinski definition) is 2. The lowest BCUT2D eigenvalue weighted by atomic mass is 9.99. The number of ether oxygens (including phenoxy) is 3. The van der Waals surface area contributed by atoms with Crippen molar-refractivity contribution in [1.82, 2.24) is 10.2 Å². The molecule has 0 atom stereocenters. The van der Waals surface area contributed by atoms with Crippen LogP contribution in [0.2, 0.25) is 0 Å². The largest absolute Gasteiger partial charge is 0.493 e. The van der Waals surface area contributed by atoms with Gasteiger partial charge in [-0.2, -0.15) is 0 Å². The van der Waals surface area contributed by atoms with Crippen LogP contribution >= 0.6 is 0 Å². The Balaban J connectivity index is 1.88. The summed E-state index contributed by atoms with van der Waals surface area (Å²) < 4.78 is 15.5. The fraction of sp³-hybridized carbons (Fsp3) is 0.471. The highest BCUT2D eigenvalue weighted by atomic mass is 16.5. The van der Waals surface area contributed by atoms with Crippen LogP contribution in [0, 0.1) is 0 Å². The zero-order valence-corrected chi connectivity index (χ0v) is 14.9. The molecule has 0 unspecified atom stereocenters. The monoisotopic (exact) mass is 365 g/mol. The SMILES string of the molecule is COc1cc2c(cc1OC)CN(C(=O)COC(=O)CCNC(N)=O)CC2. The summed E-state index contributed by atoms with van der Waals surface area (Å²) in [4.78, 5) is 36.0. The molecule has 1 aromatic carbocycles. The number of fused-ring (bicyclic) bond motifs is 1. The fourth-order valence-corrected chi connectivity index (χ4v) is 2.69. The number of primary amides is 1. The number of carbonyl (C=O) groups excluding carboxylic acids is 3. The van der Waals surface area contributed by atoms with E-state index < -0.39 is 12.0 Å². The summed E-state index contributed by atoms with van der Waals surface area (Å²) in [6.45, 7) is 0.677. The van der Waals surface area contributed by atoms with Crippen molar-refractivity contribution in [3.8, 4) is 11.5 Å². The summed E-state index contributed by atoms with van der Waals surface area (Å²) in [5.74, 6) is 0.413. The van der Waals surface area contributed by atoms with Crippen LogP contribution in [0.25, 0.3) is 0 Å². The molecule has 0 spiro atoms. The van der Waals surface area contributed by atoms with Gasteiger partial charge in [-0.1, -0.05) is 0 Å². The van der Waals surface area contributed by atoms with Crippen molar-refractivity contribution in [2.24, 2.45) is 5.73 Å². The quantitative estimate of drug-likeness (QED) is 0.666. The first-order chi connectivity index (χ1) is 12.4.